The van der Waals surface area contributed by atoms with Gasteiger partial charge in [0.25, 0.3) is 0 Å². The first-order valence-corrected chi connectivity index (χ1v) is 11.3. The summed E-state index contributed by atoms with van der Waals surface area (Å²) in [4.78, 5) is 29.2. The van der Waals surface area contributed by atoms with Gasteiger partial charge in [-0.1, -0.05) is 0 Å². The van der Waals surface area contributed by atoms with Gasteiger partial charge in [0.2, 0.25) is 5.91 Å². The zero-order valence-electron chi connectivity index (χ0n) is 18.4. The summed E-state index contributed by atoms with van der Waals surface area (Å²) in [7, 11) is 0. The Balaban J connectivity index is 1.45. The predicted molar refractivity (Wildman–Crippen MR) is 116 cm³/mol. The molecular formula is C23H32FN3O4. The molecule has 0 radical (unpaired) electrons. The molecule has 170 valence electrons. The molecule has 31 heavy (non-hydrogen) atoms. The smallest absolute Gasteiger partial charge is 0.411 e. The number of hydrogen-bond donors (Lipinski definition) is 1. The summed E-state index contributed by atoms with van der Waals surface area (Å²) in [6.45, 7) is 6.95. The fourth-order valence-corrected chi connectivity index (χ4v) is 5.11. The molecule has 0 bridgehead atoms. The van der Waals surface area contributed by atoms with Gasteiger partial charge in [0, 0.05) is 44.6 Å². The van der Waals surface area contributed by atoms with Crippen LogP contribution in [0.1, 0.15) is 46.0 Å². The van der Waals surface area contributed by atoms with Crippen molar-refractivity contribution in [1.29, 1.82) is 0 Å². The fourth-order valence-electron chi connectivity index (χ4n) is 5.11. The largest absolute Gasteiger partial charge is 0.447 e. The average Bonchev–Trinajstić information content (AvgIpc) is 3.03. The fraction of sp³-hybridized carbons (Fsp3) is 0.652. The minimum atomic E-state index is -0.608. The van der Waals surface area contributed by atoms with E-state index in [-0.39, 0.29) is 18.1 Å². The Morgan fingerprint density at radius 2 is 2.03 bits per heavy atom. The molecule has 3 fully saturated rings. The van der Waals surface area contributed by atoms with E-state index in [1.807, 2.05) is 4.90 Å². The van der Waals surface area contributed by atoms with Gasteiger partial charge in [-0.3, -0.25) is 10.1 Å². The molecule has 1 atom stereocenters. The highest BCUT2D eigenvalue weighted by Gasteiger charge is 2.50. The number of anilines is 2. The first kappa shape index (κ1) is 21.9. The second-order valence-corrected chi connectivity index (χ2v) is 9.14. The lowest BCUT2D eigenvalue weighted by atomic mass is 9.78. The second-order valence-electron chi connectivity index (χ2n) is 9.14. The third-order valence-corrected chi connectivity index (χ3v) is 6.63. The lowest BCUT2D eigenvalue weighted by Gasteiger charge is -2.41. The Hall–Kier alpha value is -2.35. The maximum Gasteiger partial charge on any atom is 0.411 e. The number of amides is 2. The van der Waals surface area contributed by atoms with Crippen molar-refractivity contribution in [2.75, 3.05) is 43.1 Å². The van der Waals surface area contributed by atoms with E-state index in [9.17, 15) is 14.0 Å². The first-order chi connectivity index (χ1) is 14.9. The van der Waals surface area contributed by atoms with Gasteiger partial charge in [0.15, 0.2) is 0 Å². The van der Waals surface area contributed by atoms with Crippen LogP contribution >= 0.6 is 0 Å². The zero-order chi connectivity index (χ0) is 22.0. The topological polar surface area (TPSA) is 71.1 Å². The highest BCUT2D eigenvalue weighted by Crippen LogP contribution is 2.43. The van der Waals surface area contributed by atoms with Crippen LogP contribution in [0.4, 0.5) is 20.6 Å². The number of ether oxygens (including phenoxy) is 2. The quantitative estimate of drug-likeness (QED) is 0.783. The Morgan fingerprint density at radius 1 is 1.26 bits per heavy atom. The van der Waals surface area contributed by atoms with E-state index in [0.29, 0.717) is 37.7 Å². The Labute approximate surface area is 182 Å². The number of piperidine rings is 1. The third kappa shape index (κ3) is 4.63. The summed E-state index contributed by atoms with van der Waals surface area (Å²) in [5, 5.41) is 2.55. The molecule has 8 heteroatoms. The first-order valence-electron chi connectivity index (χ1n) is 11.3. The number of likely N-dealkylation sites (tertiary alicyclic amines) is 1. The summed E-state index contributed by atoms with van der Waals surface area (Å²) in [6, 6.07) is 4.92. The lowest BCUT2D eigenvalue weighted by Crippen LogP contribution is -2.50. The van der Waals surface area contributed by atoms with Crippen LogP contribution in [0.3, 0.4) is 0 Å². The molecule has 3 aliphatic rings. The van der Waals surface area contributed by atoms with Crippen LogP contribution in [-0.4, -0.2) is 61.9 Å². The summed E-state index contributed by atoms with van der Waals surface area (Å²) in [5.41, 5.74) is 0.390. The molecule has 4 rings (SSSR count). The molecule has 1 N–H and O–H groups in total. The average molecular weight is 434 g/mol. The summed E-state index contributed by atoms with van der Waals surface area (Å²) in [6.07, 6.45) is 3.46. The summed E-state index contributed by atoms with van der Waals surface area (Å²) < 4.78 is 25.4. The van der Waals surface area contributed by atoms with Crippen molar-refractivity contribution in [3.05, 3.63) is 24.0 Å². The Morgan fingerprint density at radius 3 is 2.74 bits per heavy atom. The number of hydrogen-bond acceptors (Lipinski definition) is 5. The highest BCUT2D eigenvalue weighted by molar-refractivity contribution is 5.87. The van der Waals surface area contributed by atoms with Crippen LogP contribution in [0.5, 0.6) is 0 Å². The van der Waals surface area contributed by atoms with Crippen LogP contribution in [-0.2, 0) is 14.3 Å². The summed E-state index contributed by atoms with van der Waals surface area (Å²) >= 11 is 0. The molecule has 0 aliphatic carbocycles. The molecule has 0 aromatic heterocycles. The number of nitrogens with one attached hydrogen (secondary N) is 1. The van der Waals surface area contributed by atoms with Gasteiger partial charge < -0.3 is 19.3 Å². The molecule has 3 saturated heterocycles. The molecule has 0 saturated carbocycles. The van der Waals surface area contributed by atoms with E-state index in [1.54, 1.807) is 26.0 Å². The third-order valence-electron chi connectivity index (χ3n) is 6.63. The lowest BCUT2D eigenvalue weighted by molar-refractivity contribution is -0.139. The van der Waals surface area contributed by atoms with Crippen molar-refractivity contribution in [2.45, 2.75) is 58.1 Å². The number of carbonyl (C=O) groups is 2. The van der Waals surface area contributed by atoms with E-state index in [4.69, 9.17) is 9.47 Å². The van der Waals surface area contributed by atoms with Gasteiger partial charge in [-0.2, -0.15) is 0 Å². The van der Waals surface area contributed by atoms with Gasteiger partial charge >= 0.3 is 6.09 Å². The second kappa shape index (κ2) is 9.02. The highest BCUT2D eigenvalue weighted by atomic mass is 19.1. The monoisotopic (exact) mass is 433 g/mol. The van der Waals surface area contributed by atoms with Crippen LogP contribution in [0, 0.1) is 11.2 Å². The van der Waals surface area contributed by atoms with Crippen LogP contribution in [0.15, 0.2) is 18.2 Å². The van der Waals surface area contributed by atoms with Crippen molar-refractivity contribution >= 4 is 23.4 Å². The molecular weight excluding hydrogens is 401 g/mol. The van der Waals surface area contributed by atoms with Crippen LogP contribution in [0.25, 0.3) is 0 Å². The minimum Gasteiger partial charge on any atom is -0.447 e. The van der Waals surface area contributed by atoms with E-state index < -0.39 is 17.3 Å². The Bertz CT molecular complexity index is 827. The number of nitrogens with zero attached hydrogens (tertiary/aromatic N) is 2. The van der Waals surface area contributed by atoms with Crippen molar-refractivity contribution in [3.8, 4) is 0 Å². The van der Waals surface area contributed by atoms with E-state index in [2.05, 4.69) is 10.2 Å². The molecule has 1 spiro atoms. The maximum absolute atomic E-state index is 14.9. The minimum absolute atomic E-state index is 0.222. The van der Waals surface area contributed by atoms with Gasteiger partial charge in [0.1, 0.15) is 5.82 Å². The van der Waals surface area contributed by atoms with E-state index >= 15 is 0 Å². The van der Waals surface area contributed by atoms with Crippen molar-refractivity contribution in [3.63, 3.8) is 0 Å². The predicted octanol–water partition coefficient (Wildman–Crippen LogP) is 3.78. The number of halogens is 1. The molecule has 3 aliphatic heterocycles. The number of rotatable bonds is 4. The van der Waals surface area contributed by atoms with Crippen molar-refractivity contribution in [1.82, 2.24) is 4.90 Å². The normalized spacial score (nSPS) is 24.8. The van der Waals surface area contributed by atoms with Gasteiger partial charge in [-0.25, -0.2) is 9.18 Å². The van der Waals surface area contributed by atoms with Gasteiger partial charge in [0.05, 0.1) is 17.2 Å². The van der Waals surface area contributed by atoms with E-state index in [1.165, 1.54) is 6.07 Å². The molecule has 1 aromatic rings. The van der Waals surface area contributed by atoms with E-state index in [0.717, 1.165) is 38.6 Å². The molecule has 7 nitrogen and oxygen atoms in total. The van der Waals surface area contributed by atoms with Crippen LogP contribution < -0.4 is 10.2 Å². The van der Waals surface area contributed by atoms with Gasteiger partial charge in [-0.05, 0) is 64.2 Å². The zero-order valence-corrected chi connectivity index (χ0v) is 18.4. The van der Waals surface area contributed by atoms with Crippen molar-refractivity contribution in [2.24, 2.45) is 5.41 Å². The van der Waals surface area contributed by atoms with Gasteiger partial charge in [-0.15, -0.1) is 0 Å². The Kier molecular flexibility index (Phi) is 6.36. The summed E-state index contributed by atoms with van der Waals surface area (Å²) in [5.74, 6) is -0.189. The SMILES string of the molecule is CC(C)OC(=O)Nc1ccc(N2CCC[C@]3(CCN(C4CCOCC4)C3=O)C2)c(F)c1. The molecule has 2 amide bonds. The number of carbonyl (C=O) groups excluding carboxylic acids is 2. The standard InChI is InChI=1S/C23H32FN3O4/c1-16(2)31-22(29)25-17-4-5-20(19(24)14-17)26-10-3-8-23(15-26)9-11-27(21(23)28)18-6-12-30-13-7-18/h4-5,14,16,18H,3,6-13,15H2,1-2H3,(H,25,29)/t23-/m0/s1. The van der Waals surface area contributed by atoms with Crippen molar-refractivity contribution < 1.29 is 23.5 Å². The number of benzene rings is 1. The molecule has 0 unspecified atom stereocenters. The maximum atomic E-state index is 14.9. The van der Waals surface area contributed by atoms with Crippen LogP contribution in [0.2, 0.25) is 0 Å². The molecule has 3 heterocycles. The molecule has 1 aromatic carbocycles.